The van der Waals surface area contributed by atoms with E-state index in [0.29, 0.717) is 6.61 Å². The van der Waals surface area contributed by atoms with Gasteiger partial charge in [-0.15, -0.1) is 0 Å². The summed E-state index contributed by atoms with van der Waals surface area (Å²) in [6.07, 6.45) is 0.821. The summed E-state index contributed by atoms with van der Waals surface area (Å²) >= 11 is 0. The fourth-order valence-corrected chi connectivity index (χ4v) is 12.0. The number of rotatable bonds is 7. The van der Waals surface area contributed by atoms with Gasteiger partial charge in [0, 0.05) is 11.1 Å². The molecule has 2 aliphatic rings. The SMILES string of the molecule is CC[C@@H]1O[C@]2(OCc3cccc(P(c4ccccc4)c4ccccc4)c32)c2c1cccc2P(c1ccccc1)c1ccccc1. The van der Waals surface area contributed by atoms with Gasteiger partial charge in [-0.3, -0.25) is 0 Å². The highest BCUT2D eigenvalue weighted by Crippen LogP contribution is 2.56. The average Bonchev–Trinajstić information content (AvgIpc) is 3.65. The van der Waals surface area contributed by atoms with Crippen LogP contribution in [0.25, 0.3) is 0 Å². The second-order valence-corrected chi connectivity index (χ2v) is 15.9. The molecule has 0 N–H and O–H groups in total. The van der Waals surface area contributed by atoms with Crippen molar-refractivity contribution in [1.29, 1.82) is 0 Å². The number of hydrogen-bond acceptors (Lipinski definition) is 2. The Morgan fingerprint density at radius 3 is 1.44 bits per heavy atom. The van der Waals surface area contributed by atoms with Crippen LogP contribution in [0.5, 0.6) is 0 Å². The Kier molecular flexibility index (Phi) is 7.70. The van der Waals surface area contributed by atoms with Crippen molar-refractivity contribution in [3.63, 3.8) is 0 Å². The minimum atomic E-state index is -0.979. The first-order valence-corrected chi connectivity index (χ1v) is 18.3. The first-order chi connectivity index (χ1) is 22.3. The van der Waals surface area contributed by atoms with Gasteiger partial charge in [0.15, 0.2) is 0 Å². The number of fused-ring (bicyclic) bond motifs is 4. The van der Waals surface area contributed by atoms with Crippen molar-refractivity contribution in [1.82, 2.24) is 0 Å². The highest BCUT2D eigenvalue weighted by atomic mass is 31.1. The van der Waals surface area contributed by atoms with Gasteiger partial charge in [0.05, 0.1) is 12.7 Å². The summed E-state index contributed by atoms with van der Waals surface area (Å²) in [5, 5.41) is 7.90. The molecule has 0 amide bonds. The van der Waals surface area contributed by atoms with E-state index < -0.39 is 21.6 Å². The minimum Gasteiger partial charge on any atom is -0.337 e. The summed E-state index contributed by atoms with van der Waals surface area (Å²) in [6, 6.07) is 57.4. The largest absolute Gasteiger partial charge is 0.337 e. The van der Waals surface area contributed by atoms with E-state index in [1.807, 2.05) is 0 Å². The Labute approximate surface area is 268 Å². The predicted molar refractivity (Wildman–Crippen MR) is 190 cm³/mol. The van der Waals surface area contributed by atoms with E-state index in [9.17, 15) is 0 Å². The Balaban J connectivity index is 1.40. The Hall–Kier alpha value is -3.90. The monoisotopic (exact) mass is 620 g/mol. The molecule has 2 nitrogen and oxygen atoms in total. The van der Waals surface area contributed by atoms with Crippen LogP contribution in [-0.2, 0) is 21.9 Å². The average molecular weight is 621 g/mol. The molecule has 6 aromatic rings. The van der Waals surface area contributed by atoms with E-state index in [1.54, 1.807) is 0 Å². The van der Waals surface area contributed by atoms with Crippen LogP contribution in [-0.4, -0.2) is 0 Å². The molecule has 220 valence electrons. The highest BCUT2D eigenvalue weighted by molar-refractivity contribution is 7.80. The molecule has 0 saturated heterocycles. The van der Waals surface area contributed by atoms with Crippen molar-refractivity contribution < 1.29 is 9.47 Å². The molecule has 0 saturated carbocycles. The van der Waals surface area contributed by atoms with Gasteiger partial charge in [0.2, 0.25) is 5.79 Å². The normalized spacial score (nSPS) is 18.4. The first kappa shape index (κ1) is 28.6. The number of ether oxygens (including phenoxy) is 2. The molecule has 1 spiro atoms. The van der Waals surface area contributed by atoms with Crippen LogP contribution in [0.2, 0.25) is 0 Å². The van der Waals surface area contributed by atoms with Crippen molar-refractivity contribution in [2.45, 2.75) is 31.8 Å². The van der Waals surface area contributed by atoms with Crippen LogP contribution in [0.15, 0.2) is 158 Å². The van der Waals surface area contributed by atoms with Crippen molar-refractivity contribution in [2.24, 2.45) is 0 Å². The Bertz CT molecular complexity index is 1850. The lowest BCUT2D eigenvalue weighted by Crippen LogP contribution is -2.38. The van der Waals surface area contributed by atoms with E-state index >= 15 is 0 Å². The van der Waals surface area contributed by atoms with Gasteiger partial charge in [-0.05, 0) is 65.2 Å². The van der Waals surface area contributed by atoms with Crippen LogP contribution in [0.4, 0.5) is 0 Å². The predicted octanol–water partition coefficient (Wildman–Crippen LogP) is 7.42. The number of hydrogen-bond donors (Lipinski definition) is 0. The van der Waals surface area contributed by atoms with Crippen LogP contribution in [0, 0.1) is 0 Å². The van der Waals surface area contributed by atoms with Crippen LogP contribution >= 0.6 is 15.8 Å². The molecule has 2 heterocycles. The standard InChI is InChI=1S/C41H34O2P2/c1-2-36-35-26-16-28-38(45(33-22-11-5-12-23-33)34-24-13-6-14-25-34)40(35)41(43-36)39-30(29-42-41)17-15-27-37(39)44(31-18-7-3-8-19-31)32-20-9-4-10-21-32/h3-28,36H,2,29H2,1H3/t36-,41-/m0/s1. The lowest BCUT2D eigenvalue weighted by Gasteiger charge is -2.33. The van der Waals surface area contributed by atoms with E-state index in [-0.39, 0.29) is 6.10 Å². The smallest absolute Gasteiger partial charge is 0.225 e. The molecule has 4 heteroatoms. The Morgan fingerprint density at radius 1 is 0.533 bits per heavy atom. The third-order valence-corrected chi connectivity index (χ3v) is 13.8. The molecule has 2 aliphatic heterocycles. The fraction of sp³-hybridized carbons (Fsp3) is 0.122. The third-order valence-electron chi connectivity index (χ3n) is 8.86. The van der Waals surface area contributed by atoms with Crippen LogP contribution in [0.3, 0.4) is 0 Å². The maximum Gasteiger partial charge on any atom is 0.225 e. The molecule has 0 radical (unpaired) electrons. The van der Waals surface area contributed by atoms with Crippen molar-refractivity contribution in [3.05, 3.63) is 180 Å². The summed E-state index contributed by atoms with van der Waals surface area (Å²) in [6.45, 7) is 2.74. The zero-order valence-corrected chi connectivity index (χ0v) is 27.0. The van der Waals surface area contributed by atoms with E-state index in [2.05, 4.69) is 165 Å². The first-order valence-electron chi connectivity index (χ1n) is 15.7. The topological polar surface area (TPSA) is 18.5 Å². The maximum absolute atomic E-state index is 7.28. The van der Waals surface area contributed by atoms with Crippen molar-refractivity contribution in [2.75, 3.05) is 0 Å². The molecular weight excluding hydrogens is 586 g/mol. The highest BCUT2D eigenvalue weighted by Gasteiger charge is 2.55. The molecule has 45 heavy (non-hydrogen) atoms. The molecule has 2 atom stereocenters. The molecule has 0 aliphatic carbocycles. The molecule has 6 aromatic carbocycles. The summed E-state index contributed by atoms with van der Waals surface area (Å²) in [7, 11) is -1.74. The summed E-state index contributed by atoms with van der Waals surface area (Å²) in [4.78, 5) is 0. The quantitative estimate of drug-likeness (QED) is 0.173. The second-order valence-electron chi connectivity index (χ2n) is 11.5. The summed E-state index contributed by atoms with van der Waals surface area (Å²) in [5.74, 6) is -0.979. The molecule has 0 aromatic heterocycles. The van der Waals surface area contributed by atoms with Crippen LogP contribution in [0.1, 0.15) is 41.7 Å². The lowest BCUT2D eigenvalue weighted by molar-refractivity contribution is -0.218. The minimum absolute atomic E-state index is 0.0537. The van der Waals surface area contributed by atoms with Gasteiger partial charge in [-0.1, -0.05) is 165 Å². The van der Waals surface area contributed by atoms with Crippen molar-refractivity contribution >= 4 is 47.7 Å². The Morgan fingerprint density at radius 2 is 0.978 bits per heavy atom. The summed E-state index contributed by atoms with van der Waals surface area (Å²) in [5.41, 5.74) is 4.87. The van der Waals surface area contributed by atoms with E-state index in [0.717, 1.165) is 6.42 Å². The zero-order valence-electron chi connectivity index (χ0n) is 25.2. The summed E-state index contributed by atoms with van der Waals surface area (Å²) < 4.78 is 14.3. The lowest BCUT2D eigenvalue weighted by atomic mass is 9.93. The molecule has 0 bridgehead atoms. The molecule has 8 rings (SSSR count). The van der Waals surface area contributed by atoms with E-state index in [1.165, 1.54) is 54.1 Å². The van der Waals surface area contributed by atoms with Crippen LogP contribution < -0.4 is 31.8 Å². The van der Waals surface area contributed by atoms with Crippen molar-refractivity contribution in [3.8, 4) is 0 Å². The third kappa shape index (κ3) is 4.89. The maximum atomic E-state index is 7.28. The van der Waals surface area contributed by atoms with Gasteiger partial charge >= 0.3 is 0 Å². The van der Waals surface area contributed by atoms with Gasteiger partial charge in [-0.2, -0.15) is 0 Å². The number of benzene rings is 6. The van der Waals surface area contributed by atoms with Gasteiger partial charge in [0.1, 0.15) is 0 Å². The van der Waals surface area contributed by atoms with Gasteiger partial charge < -0.3 is 9.47 Å². The molecule has 0 unspecified atom stereocenters. The van der Waals surface area contributed by atoms with E-state index in [4.69, 9.17) is 9.47 Å². The molecular formula is C41H34O2P2. The van der Waals surface area contributed by atoms with Gasteiger partial charge in [-0.25, -0.2) is 0 Å². The van der Waals surface area contributed by atoms with Gasteiger partial charge in [0.25, 0.3) is 0 Å². The fourth-order valence-electron chi connectivity index (χ4n) is 6.97. The molecule has 0 fully saturated rings. The zero-order chi connectivity index (χ0) is 30.2. The second kappa shape index (κ2) is 12.1.